The van der Waals surface area contributed by atoms with E-state index in [1.165, 1.54) is 12.1 Å². The normalized spacial score (nSPS) is 14.1. The van der Waals surface area contributed by atoms with E-state index in [1.807, 2.05) is 65.6 Å². The van der Waals surface area contributed by atoms with E-state index in [0.717, 1.165) is 23.1 Å². The lowest BCUT2D eigenvalue weighted by atomic mass is 9.96. The number of benzene rings is 3. The molecule has 36 heavy (non-hydrogen) atoms. The van der Waals surface area contributed by atoms with Gasteiger partial charge in [0.2, 0.25) is 0 Å². The summed E-state index contributed by atoms with van der Waals surface area (Å²) >= 11 is 12.2. The molecule has 0 saturated heterocycles. The summed E-state index contributed by atoms with van der Waals surface area (Å²) in [6, 6.07) is 20.3. The van der Waals surface area contributed by atoms with E-state index >= 15 is 0 Å². The summed E-state index contributed by atoms with van der Waals surface area (Å²) in [4.78, 5) is 38.9. The van der Waals surface area contributed by atoms with Gasteiger partial charge in [-0.1, -0.05) is 77.8 Å². The Hall–Kier alpha value is -3.61. The number of carbonyl (C=O) groups excluding carboxylic acids is 2. The number of nitrogens with zero attached hydrogens (tertiary/aromatic N) is 1. The molecule has 0 spiro atoms. The number of nitrogens with one attached hydrogen (secondary N) is 1. The van der Waals surface area contributed by atoms with Crippen LogP contribution in [0.4, 0.5) is 0 Å². The first-order valence-corrected chi connectivity index (χ1v) is 12.2. The van der Waals surface area contributed by atoms with Crippen LogP contribution in [0.1, 0.15) is 38.3 Å². The highest BCUT2D eigenvalue weighted by Crippen LogP contribution is 2.25. The van der Waals surface area contributed by atoms with Crippen molar-refractivity contribution >= 4 is 46.6 Å². The molecule has 3 aromatic rings. The summed E-state index contributed by atoms with van der Waals surface area (Å²) in [6.45, 7) is 1.15. The van der Waals surface area contributed by atoms with Crippen LogP contribution in [0.5, 0.6) is 0 Å². The SMILES string of the molecule is O=C(N[C@@H](Cc1ccc(C2=CCN(C(=O)c3ccccc3)CC2)cc1)C(=O)O)c1c(Cl)cccc1Cl. The van der Waals surface area contributed by atoms with Gasteiger partial charge < -0.3 is 15.3 Å². The molecule has 0 aliphatic carbocycles. The Bertz CT molecular complexity index is 1290. The van der Waals surface area contributed by atoms with Crippen LogP contribution in [-0.4, -0.2) is 46.9 Å². The molecule has 0 radical (unpaired) electrons. The zero-order chi connectivity index (χ0) is 25.7. The number of carbonyl (C=O) groups is 3. The van der Waals surface area contributed by atoms with Gasteiger partial charge in [0.1, 0.15) is 6.04 Å². The van der Waals surface area contributed by atoms with E-state index in [1.54, 1.807) is 6.07 Å². The summed E-state index contributed by atoms with van der Waals surface area (Å²) in [5, 5.41) is 12.5. The third kappa shape index (κ3) is 5.96. The first-order valence-electron chi connectivity index (χ1n) is 11.4. The molecule has 0 bridgehead atoms. The van der Waals surface area contributed by atoms with Crippen molar-refractivity contribution in [1.29, 1.82) is 0 Å². The van der Waals surface area contributed by atoms with Crippen molar-refractivity contribution in [3.8, 4) is 0 Å². The second-order valence-electron chi connectivity index (χ2n) is 8.46. The second-order valence-corrected chi connectivity index (χ2v) is 9.27. The molecule has 2 N–H and O–H groups in total. The van der Waals surface area contributed by atoms with Crippen LogP contribution >= 0.6 is 23.2 Å². The Labute approximate surface area is 219 Å². The fraction of sp³-hybridized carbons (Fsp3) is 0.179. The van der Waals surface area contributed by atoms with Gasteiger partial charge in [0.15, 0.2) is 0 Å². The highest BCUT2D eigenvalue weighted by atomic mass is 35.5. The molecule has 184 valence electrons. The van der Waals surface area contributed by atoms with Crippen LogP contribution < -0.4 is 5.32 Å². The molecule has 0 fully saturated rings. The fourth-order valence-electron chi connectivity index (χ4n) is 4.11. The Morgan fingerprint density at radius 1 is 0.917 bits per heavy atom. The molecule has 2 amide bonds. The predicted octanol–water partition coefficient (Wildman–Crippen LogP) is 5.35. The van der Waals surface area contributed by atoms with Crippen LogP contribution in [0.25, 0.3) is 5.57 Å². The molecule has 3 aromatic carbocycles. The van der Waals surface area contributed by atoms with Crippen molar-refractivity contribution in [3.63, 3.8) is 0 Å². The Kier molecular flexibility index (Phi) is 8.08. The molecule has 8 heteroatoms. The van der Waals surface area contributed by atoms with E-state index in [-0.39, 0.29) is 27.9 Å². The zero-order valence-corrected chi connectivity index (χ0v) is 20.8. The predicted molar refractivity (Wildman–Crippen MR) is 140 cm³/mol. The monoisotopic (exact) mass is 522 g/mol. The van der Waals surface area contributed by atoms with Crippen LogP contribution in [0.3, 0.4) is 0 Å². The number of halogens is 2. The number of amides is 2. The molecule has 1 heterocycles. The number of carboxylic acids is 1. The molecule has 1 atom stereocenters. The van der Waals surface area contributed by atoms with Gasteiger partial charge in [-0.25, -0.2) is 4.79 Å². The maximum absolute atomic E-state index is 12.7. The molecule has 6 nitrogen and oxygen atoms in total. The molecular formula is C28H24Cl2N2O4. The lowest BCUT2D eigenvalue weighted by Gasteiger charge is -2.27. The molecule has 0 saturated carbocycles. The fourth-order valence-corrected chi connectivity index (χ4v) is 4.68. The Balaban J connectivity index is 1.40. The van der Waals surface area contributed by atoms with E-state index in [4.69, 9.17) is 23.2 Å². The topological polar surface area (TPSA) is 86.7 Å². The molecule has 4 rings (SSSR count). The number of hydrogen-bond donors (Lipinski definition) is 2. The lowest BCUT2D eigenvalue weighted by Crippen LogP contribution is -2.42. The van der Waals surface area contributed by atoms with Crippen molar-refractivity contribution in [2.75, 3.05) is 13.1 Å². The quantitative estimate of drug-likeness (QED) is 0.437. The van der Waals surface area contributed by atoms with Gasteiger partial charge in [-0.2, -0.15) is 0 Å². The minimum atomic E-state index is -1.16. The van der Waals surface area contributed by atoms with Crippen molar-refractivity contribution in [1.82, 2.24) is 10.2 Å². The van der Waals surface area contributed by atoms with Crippen LogP contribution in [0.15, 0.2) is 78.9 Å². The average Bonchev–Trinajstić information content (AvgIpc) is 2.89. The number of rotatable bonds is 7. The Morgan fingerprint density at radius 2 is 1.58 bits per heavy atom. The maximum atomic E-state index is 12.7. The van der Waals surface area contributed by atoms with Gasteiger partial charge in [0, 0.05) is 25.1 Å². The molecular weight excluding hydrogens is 499 g/mol. The van der Waals surface area contributed by atoms with E-state index in [0.29, 0.717) is 18.7 Å². The maximum Gasteiger partial charge on any atom is 0.326 e. The second kappa shape index (κ2) is 11.4. The van der Waals surface area contributed by atoms with Gasteiger partial charge >= 0.3 is 5.97 Å². The molecule has 1 aliphatic rings. The zero-order valence-electron chi connectivity index (χ0n) is 19.3. The summed E-state index contributed by atoms with van der Waals surface area (Å²) in [5.74, 6) is -1.79. The molecule has 0 unspecified atom stereocenters. The first kappa shape index (κ1) is 25.5. The Morgan fingerprint density at radius 3 is 2.17 bits per heavy atom. The van der Waals surface area contributed by atoms with Crippen molar-refractivity contribution in [2.45, 2.75) is 18.9 Å². The third-order valence-electron chi connectivity index (χ3n) is 6.07. The highest BCUT2D eigenvalue weighted by Gasteiger charge is 2.24. The minimum absolute atomic E-state index is 0.0149. The number of hydrogen-bond acceptors (Lipinski definition) is 3. The highest BCUT2D eigenvalue weighted by molar-refractivity contribution is 6.39. The van der Waals surface area contributed by atoms with E-state index in [2.05, 4.69) is 5.32 Å². The van der Waals surface area contributed by atoms with Crippen LogP contribution in [0.2, 0.25) is 10.0 Å². The smallest absolute Gasteiger partial charge is 0.326 e. The number of aliphatic carboxylic acids is 1. The van der Waals surface area contributed by atoms with Crippen LogP contribution in [0, 0.1) is 0 Å². The summed E-state index contributed by atoms with van der Waals surface area (Å²) in [5.41, 5.74) is 3.63. The number of carboxylic acid groups (broad SMARTS) is 1. The summed E-state index contributed by atoms with van der Waals surface area (Å²) in [6.07, 6.45) is 2.87. The van der Waals surface area contributed by atoms with Crippen LogP contribution in [-0.2, 0) is 11.2 Å². The van der Waals surface area contributed by atoms with Gasteiger partial charge in [-0.15, -0.1) is 0 Å². The lowest BCUT2D eigenvalue weighted by molar-refractivity contribution is -0.139. The molecule has 0 aromatic heterocycles. The third-order valence-corrected chi connectivity index (χ3v) is 6.70. The van der Waals surface area contributed by atoms with Gasteiger partial charge in [-0.3, -0.25) is 9.59 Å². The average molecular weight is 523 g/mol. The van der Waals surface area contributed by atoms with E-state index < -0.39 is 17.9 Å². The standard InChI is InChI=1S/C28H24Cl2N2O4/c29-22-7-4-8-23(30)25(22)26(33)31-24(28(35)36)17-18-9-11-19(12-10-18)20-13-15-32(16-14-20)27(34)21-5-2-1-3-6-21/h1-13,24H,14-17H2,(H,31,33)(H,35,36)/t24-/m0/s1. The van der Waals surface area contributed by atoms with Crippen molar-refractivity contribution < 1.29 is 19.5 Å². The van der Waals surface area contributed by atoms with E-state index in [9.17, 15) is 19.5 Å². The minimum Gasteiger partial charge on any atom is -0.480 e. The van der Waals surface area contributed by atoms with Gasteiger partial charge in [0.05, 0.1) is 15.6 Å². The van der Waals surface area contributed by atoms with Crippen molar-refractivity contribution in [2.24, 2.45) is 0 Å². The summed E-state index contributed by atoms with van der Waals surface area (Å²) < 4.78 is 0. The summed E-state index contributed by atoms with van der Waals surface area (Å²) in [7, 11) is 0. The van der Waals surface area contributed by atoms with Gasteiger partial charge in [0.25, 0.3) is 11.8 Å². The first-order chi connectivity index (χ1) is 17.3. The largest absolute Gasteiger partial charge is 0.480 e. The molecule has 1 aliphatic heterocycles. The van der Waals surface area contributed by atoms with Crippen molar-refractivity contribution in [3.05, 3.63) is 111 Å². The van der Waals surface area contributed by atoms with Gasteiger partial charge in [-0.05, 0) is 47.4 Å².